The van der Waals surface area contributed by atoms with Crippen molar-refractivity contribution >= 4 is 5.69 Å². The zero-order valence-electron chi connectivity index (χ0n) is 10.3. The lowest BCUT2D eigenvalue weighted by Crippen LogP contribution is -2.43. The van der Waals surface area contributed by atoms with E-state index in [9.17, 15) is 0 Å². The molecule has 0 bridgehead atoms. The smallest absolute Gasteiger partial charge is 0.0373 e. The first-order valence-electron chi connectivity index (χ1n) is 6.39. The van der Waals surface area contributed by atoms with Gasteiger partial charge < -0.3 is 10.2 Å². The Kier molecular flexibility index (Phi) is 3.24. The summed E-state index contributed by atoms with van der Waals surface area (Å²) in [5.41, 5.74) is 3.71. The average molecular weight is 239 g/mol. The molecule has 0 unspecified atom stereocenters. The van der Waals surface area contributed by atoms with Gasteiger partial charge in [0.2, 0.25) is 0 Å². The fourth-order valence-corrected chi connectivity index (χ4v) is 2.34. The number of hydrogen-bond donors (Lipinski definition) is 1. The molecule has 1 fully saturated rings. The molecule has 2 heterocycles. The van der Waals surface area contributed by atoms with Crippen LogP contribution in [-0.2, 0) is 0 Å². The highest BCUT2D eigenvalue weighted by molar-refractivity contribution is 5.67. The van der Waals surface area contributed by atoms with Crippen LogP contribution in [0.2, 0.25) is 0 Å². The van der Waals surface area contributed by atoms with Gasteiger partial charge in [-0.2, -0.15) is 0 Å². The molecule has 3 heteroatoms. The maximum absolute atomic E-state index is 4.18. The number of rotatable bonds is 2. The second-order valence-corrected chi connectivity index (χ2v) is 4.53. The molecular weight excluding hydrogens is 222 g/mol. The molecule has 3 rings (SSSR count). The van der Waals surface area contributed by atoms with Crippen LogP contribution in [0.3, 0.4) is 0 Å². The summed E-state index contributed by atoms with van der Waals surface area (Å²) in [6.07, 6.45) is 3.72. The normalized spacial score (nSPS) is 15.7. The molecule has 0 saturated carbocycles. The second kappa shape index (κ2) is 5.19. The maximum atomic E-state index is 4.18. The van der Waals surface area contributed by atoms with E-state index in [1.54, 1.807) is 0 Å². The van der Waals surface area contributed by atoms with Gasteiger partial charge >= 0.3 is 0 Å². The maximum Gasteiger partial charge on any atom is 0.0373 e. The third kappa shape index (κ3) is 2.36. The fourth-order valence-electron chi connectivity index (χ4n) is 2.34. The van der Waals surface area contributed by atoms with Crippen molar-refractivity contribution in [2.45, 2.75) is 0 Å². The number of anilines is 1. The summed E-state index contributed by atoms with van der Waals surface area (Å²) in [6, 6.07) is 12.8. The zero-order valence-corrected chi connectivity index (χ0v) is 10.3. The molecule has 92 valence electrons. The Morgan fingerprint density at radius 3 is 2.61 bits per heavy atom. The minimum Gasteiger partial charge on any atom is -0.369 e. The summed E-state index contributed by atoms with van der Waals surface area (Å²) >= 11 is 0. The van der Waals surface area contributed by atoms with E-state index in [0.717, 1.165) is 26.2 Å². The lowest BCUT2D eigenvalue weighted by atomic mass is 10.1. The quantitative estimate of drug-likeness (QED) is 0.870. The fraction of sp³-hybridized carbons (Fsp3) is 0.267. The predicted octanol–water partition coefficient (Wildman–Crippen LogP) is 2.16. The van der Waals surface area contributed by atoms with E-state index in [1.165, 1.54) is 16.8 Å². The summed E-state index contributed by atoms with van der Waals surface area (Å²) in [7, 11) is 0. The van der Waals surface area contributed by atoms with Crippen molar-refractivity contribution in [3.8, 4) is 11.1 Å². The van der Waals surface area contributed by atoms with Gasteiger partial charge in [0.05, 0.1) is 0 Å². The Morgan fingerprint density at radius 2 is 1.83 bits per heavy atom. The van der Waals surface area contributed by atoms with Gasteiger partial charge in [0.25, 0.3) is 0 Å². The molecule has 0 aliphatic carbocycles. The van der Waals surface area contributed by atoms with Crippen molar-refractivity contribution in [2.75, 3.05) is 31.1 Å². The van der Waals surface area contributed by atoms with Crippen molar-refractivity contribution in [2.24, 2.45) is 0 Å². The van der Waals surface area contributed by atoms with Crippen LogP contribution >= 0.6 is 0 Å². The van der Waals surface area contributed by atoms with E-state index < -0.39 is 0 Å². The Hall–Kier alpha value is -1.87. The van der Waals surface area contributed by atoms with Gasteiger partial charge in [-0.1, -0.05) is 18.2 Å². The second-order valence-electron chi connectivity index (χ2n) is 4.53. The van der Waals surface area contributed by atoms with Gasteiger partial charge in [-0.15, -0.1) is 0 Å². The van der Waals surface area contributed by atoms with Crippen molar-refractivity contribution in [3.05, 3.63) is 48.8 Å². The molecule has 1 aliphatic heterocycles. The molecule has 0 spiro atoms. The third-order valence-electron chi connectivity index (χ3n) is 3.32. The molecule has 2 aromatic rings. The molecule has 1 aromatic heterocycles. The molecule has 0 atom stereocenters. The largest absolute Gasteiger partial charge is 0.369 e. The van der Waals surface area contributed by atoms with Crippen molar-refractivity contribution in [1.82, 2.24) is 10.3 Å². The number of aromatic nitrogens is 1. The number of benzene rings is 1. The molecule has 3 nitrogen and oxygen atoms in total. The zero-order chi connectivity index (χ0) is 12.2. The van der Waals surface area contributed by atoms with Gasteiger partial charge in [0.1, 0.15) is 0 Å². The molecule has 18 heavy (non-hydrogen) atoms. The minimum absolute atomic E-state index is 1.07. The minimum atomic E-state index is 1.07. The highest BCUT2D eigenvalue weighted by Crippen LogP contribution is 2.24. The molecule has 0 amide bonds. The van der Waals surface area contributed by atoms with Crippen LogP contribution in [0.1, 0.15) is 0 Å². The van der Waals surface area contributed by atoms with Crippen LogP contribution in [-0.4, -0.2) is 31.2 Å². The highest BCUT2D eigenvalue weighted by atomic mass is 15.2. The topological polar surface area (TPSA) is 28.2 Å². The van der Waals surface area contributed by atoms with Gasteiger partial charge in [-0.25, -0.2) is 0 Å². The number of piperazine rings is 1. The van der Waals surface area contributed by atoms with E-state index in [4.69, 9.17) is 0 Å². The van der Waals surface area contributed by atoms with Crippen molar-refractivity contribution in [1.29, 1.82) is 0 Å². The van der Waals surface area contributed by atoms with Crippen molar-refractivity contribution in [3.63, 3.8) is 0 Å². The first-order valence-corrected chi connectivity index (χ1v) is 6.39. The average Bonchev–Trinajstić information content (AvgIpc) is 2.49. The van der Waals surface area contributed by atoms with Crippen LogP contribution in [0.25, 0.3) is 11.1 Å². The summed E-state index contributed by atoms with van der Waals surface area (Å²) in [4.78, 5) is 6.61. The molecule has 0 radical (unpaired) electrons. The van der Waals surface area contributed by atoms with E-state index >= 15 is 0 Å². The first kappa shape index (κ1) is 11.2. The van der Waals surface area contributed by atoms with Crippen LogP contribution < -0.4 is 10.2 Å². The lowest BCUT2D eigenvalue weighted by Gasteiger charge is -2.29. The lowest BCUT2D eigenvalue weighted by molar-refractivity contribution is 0.589. The predicted molar refractivity (Wildman–Crippen MR) is 74.8 cm³/mol. The number of hydrogen-bond acceptors (Lipinski definition) is 3. The van der Waals surface area contributed by atoms with Gasteiger partial charge in [0, 0.05) is 49.8 Å². The van der Waals surface area contributed by atoms with Gasteiger partial charge in [-0.3, -0.25) is 4.98 Å². The van der Waals surface area contributed by atoms with E-state index in [2.05, 4.69) is 45.5 Å². The van der Waals surface area contributed by atoms with Gasteiger partial charge in [-0.05, 0) is 23.8 Å². The molecule has 1 saturated heterocycles. The van der Waals surface area contributed by atoms with Crippen LogP contribution in [0, 0.1) is 0 Å². The monoisotopic (exact) mass is 239 g/mol. The van der Waals surface area contributed by atoms with Crippen LogP contribution in [0.5, 0.6) is 0 Å². The summed E-state index contributed by atoms with van der Waals surface area (Å²) in [5.74, 6) is 0. The number of nitrogens with one attached hydrogen (secondary N) is 1. The van der Waals surface area contributed by atoms with Crippen LogP contribution in [0.15, 0.2) is 48.8 Å². The van der Waals surface area contributed by atoms with Crippen LogP contribution in [0.4, 0.5) is 5.69 Å². The molecule has 1 N–H and O–H groups in total. The van der Waals surface area contributed by atoms with E-state index in [0.29, 0.717) is 0 Å². The SMILES string of the molecule is c1cncc(-c2cccc(N3CCNCC3)c2)c1. The summed E-state index contributed by atoms with van der Waals surface area (Å²) in [6.45, 7) is 4.29. The standard InChI is InChI=1S/C15H17N3/c1-3-13(14-4-2-6-17-12-14)11-15(5-1)18-9-7-16-8-10-18/h1-6,11-12,16H,7-10H2. The Labute approximate surface area is 107 Å². The summed E-state index contributed by atoms with van der Waals surface area (Å²) < 4.78 is 0. The first-order chi connectivity index (χ1) is 8.93. The van der Waals surface area contributed by atoms with E-state index in [1.807, 2.05) is 18.5 Å². The summed E-state index contributed by atoms with van der Waals surface area (Å²) in [5, 5.41) is 3.38. The molecule has 1 aliphatic rings. The number of pyridine rings is 1. The third-order valence-corrected chi connectivity index (χ3v) is 3.32. The number of nitrogens with zero attached hydrogens (tertiary/aromatic N) is 2. The Morgan fingerprint density at radius 1 is 1.00 bits per heavy atom. The highest BCUT2D eigenvalue weighted by Gasteiger charge is 2.10. The molecule has 1 aromatic carbocycles. The Bertz CT molecular complexity index is 504. The van der Waals surface area contributed by atoms with E-state index in [-0.39, 0.29) is 0 Å². The van der Waals surface area contributed by atoms with Gasteiger partial charge in [0.15, 0.2) is 0 Å². The molecular formula is C15H17N3. The van der Waals surface area contributed by atoms with Crippen molar-refractivity contribution < 1.29 is 0 Å². The Balaban J connectivity index is 1.89.